The molecule has 0 saturated heterocycles. The molecule has 6 heteroatoms. The summed E-state index contributed by atoms with van der Waals surface area (Å²) in [4.78, 5) is 9.25. The Bertz CT molecular complexity index is 896. The maximum Gasteiger partial charge on any atom is 0.195 e. The zero-order chi connectivity index (χ0) is 16.7. The zero-order valence-corrected chi connectivity index (χ0v) is 15.4. The molecular formula is C18H21BrN4O. The third-order valence-electron chi connectivity index (χ3n) is 4.66. The van der Waals surface area contributed by atoms with Gasteiger partial charge in [-0.05, 0) is 59.3 Å². The molecule has 3 aromatic rings. The van der Waals surface area contributed by atoms with Crippen LogP contribution in [0.4, 0.5) is 5.69 Å². The highest BCUT2D eigenvalue weighted by Crippen LogP contribution is 2.27. The van der Waals surface area contributed by atoms with Crippen molar-refractivity contribution >= 4 is 32.7 Å². The van der Waals surface area contributed by atoms with Crippen LogP contribution >= 0.6 is 15.9 Å². The highest BCUT2D eigenvalue weighted by molar-refractivity contribution is 9.10. The Labute approximate surface area is 149 Å². The number of aromatic nitrogens is 3. The number of rotatable bonds is 4. The normalized spacial score (nSPS) is 14.2. The van der Waals surface area contributed by atoms with E-state index in [-0.39, 0.29) is 0 Å². The quantitative estimate of drug-likeness (QED) is 0.684. The van der Waals surface area contributed by atoms with Crippen molar-refractivity contribution in [1.82, 2.24) is 14.5 Å². The minimum atomic E-state index is 0.689. The molecule has 0 bridgehead atoms. The first kappa shape index (κ1) is 15.7. The van der Waals surface area contributed by atoms with E-state index in [1.54, 1.807) is 0 Å². The van der Waals surface area contributed by atoms with Crippen LogP contribution in [0.5, 0.6) is 0 Å². The van der Waals surface area contributed by atoms with E-state index in [4.69, 9.17) is 15.1 Å². The molecule has 1 aliphatic heterocycles. The van der Waals surface area contributed by atoms with Crippen molar-refractivity contribution in [3.63, 3.8) is 0 Å². The Morgan fingerprint density at radius 1 is 1.25 bits per heavy atom. The standard InChI is InChI=1S/C18H21BrN4O/c1-2-16-22-17-12(20)9-11(10-14(17)24-16)6-7-13-18(19)23-8-4-3-5-15(23)21-13/h9-10H,2-8,20H2,1H3. The second-order valence-corrected chi connectivity index (χ2v) is 7.12. The van der Waals surface area contributed by atoms with Crippen molar-refractivity contribution in [2.75, 3.05) is 5.73 Å². The molecule has 3 heterocycles. The summed E-state index contributed by atoms with van der Waals surface area (Å²) in [5.74, 6) is 1.94. The number of nitrogens with zero attached hydrogens (tertiary/aromatic N) is 3. The summed E-state index contributed by atoms with van der Waals surface area (Å²) in [6.07, 6.45) is 6.10. The number of nitrogens with two attached hydrogens (primary N) is 1. The van der Waals surface area contributed by atoms with E-state index < -0.39 is 0 Å². The number of oxazole rings is 1. The van der Waals surface area contributed by atoms with Crippen LogP contribution in [0.2, 0.25) is 0 Å². The van der Waals surface area contributed by atoms with Crippen molar-refractivity contribution in [3.05, 3.63) is 39.7 Å². The number of imidazole rings is 1. The van der Waals surface area contributed by atoms with E-state index >= 15 is 0 Å². The van der Waals surface area contributed by atoms with Crippen LogP contribution in [0, 0.1) is 0 Å². The maximum atomic E-state index is 6.15. The first-order valence-electron chi connectivity index (χ1n) is 8.57. The monoisotopic (exact) mass is 388 g/mol. The molecule has 1 aromatic carbocycles. The second-order valence-electron chi connectivity index (χ2n) is 6.37. The number of hydrogen-bond acceptors (Lipinski definition) is 4. The summed E-state index contributed by atoms with van der Waals surface area (Å²) in [6, 6.07) is 4.07. The first-order chi connectivity index (χ1) is 11.7. The fourth-order valence-electron chi connectivity index (χ4n) is 3.38. The lowest BCUT2D eigenvalue weighted by atomic mass is 10.1. The van der Waals surface area contributed by atoms with E-state index in [2.05, 4.69) is 31.5 Å². The predicted octanol–water partition coefficient (Wildman–Crippen LogP) is 4.05. The van der Waals surface area contributed by atoms with Gasteiger partial charge in [0, 0.05) is 19.4 Å². The molecule has 0 spiro atoms. The Balaban J connectivity index is 1.57. The lowest BCUT2D eigenvalue weighted by molar-refractivity contribution is 0.516. The fraction of sp³-hybridized carbons (Fsp3) is 0.444. The van der Waals surface area contributed by atoms with E-state index in [1.165, 1.54) is 18.7 Å². The van der Waals surface area contributed by atoms with Gasteiger partial charge in [0.1, 0.15) is 15.9 Å². The highest BCUT2D eigenvalue weighted by Gasteiger charge is 2.18. The Hall–Kier alpha value is -1.82. The van der Waals surface area contributed by atoms with Gasteiger partial charge in [0.2, 0.25) is 0 Å². The molecule has 0 unspecified atom stereocenters. The smallest absolute Gasteiger partial charge is 0.195 e. The number of aryl methyl sites for hydroxylation is 4. The van der Waals surface area contributed by atoms with Crippen molar-refractivity contribution in [3.8, 4) is 0 Å². The van der Waals surface area contributed by atoms with Crippen LogP contribution < -0.4 is 5.73 Å². The molecule has 0 amide bonds. The van der Waals surface area contributed by atoms with E-state index in [1.807, 2.05) is 13.0 Å². The van der Waals surface area contributed by atoms with Crippen LogP contribution in [0.25, 0.3) is 11.1 Å². The van der Waals surface area contributed by atoms with E-state index in [9.17, 15) is 0 Å². The van der Waals surface area contributed by atoms with Crippen molar-refractivity contribution in [2.45, 2.75) is 52.0 Å². The highest BCUT2D eigenvalue weighted by atomic mass is 79.9. The average molecular weight is 389 g/mol. The van der Waals surface area contributed by atoms with Gasteiger partial charge in [0.15, 0.2) is 11.5 Å². The van der Waals surface area contributed by atoms with Gasteiger partial charge >= 0.3 is 0 Å². The number of hydrogen-bond donors (Lipinski definition) is 1. The van der Waals surface area contributed by atoms with Gasteiger partial charge in [-0.25, -0.2) is 9.97 Å². The number of anilines is 1. The predicted molar refractivity (Wildman–Crippen MR) is 98.1 cm³/mol. The molecule has 0 atom stereocenters. The van der Waals surface area contributed by atoms with Crippen LogP contribution in [-0.4, -0.2) is 14.5 Å². The van der Waals surface area contributed by atoms with Gasteiger partial charge in [0.05, 0.1) is 11.4 Å². The summed E-state index contributed by atoms with van der Waals surface area (Å²) in [6.45, 7) is 3.10. The molecule has 5 nitrogen and oxygen atoms in total. The average Bonchev–Trinajstić information content (AvgIpc) is 3.15. The van der Waals surface area contributed by atoms with Crippen LogP contribution in [-0.2, 0) is 32.2 Å². The third kappa shape index (κ3) is 2.73. The summed E-state index contributed by atoms with van der Waals surface area (Å²) in [7, 11) is 0. The number of benzene rings is 1. The van der Waals surface area contributed by atoms with Gasteiger partial charge < -0.3 is 14.7 Å². The molecule has 0 radical (unpaired) electrons. The number of nitrogen functional groups attached to an aromatic ring is 1. The number of halogens is 1. The summed E-state index contributed by atoms with van der Waals surface area (Å²) in [5.41, 5.74) is 10.7. The topological polar surface area (TPSA) is 69.9 Å². The second kappa shape index (κ2) is 6.24. The van der Waals surface area contributed by atoms with Gasteiger partial charge in [-0.2, -0.15) is 0 Å². The van der Waals surface area contributed by atoms with E-state index in [0.717, 1.165) is 65.1 Å². The molecule has 0 aliphatic carbocycles. The van der Waals surface area contributed by atoms with Crippen LogP contribution in [0.1, 0.15) is 42.7 Å². The summed E-state index contributed by atoms with van der Waals surface area (Å²) >= 11 is 3.72. The Morgan fingerprint density at radius 2 is 2.12 bits per heavy atom. The molecular weight excluding hydrogens is 368 g/mol. The maximum absolute atomic E-state index is 6.15. The molecule has 4 rings (SSSR count). The van der Waals surface area contributed by atoms with Crippen LogP contribution in [0.3, 0.4) is 0 Å². The Morgan fingerprint density at radius 3 is 2.92 bits per heavy atom. The molecule has 0 fully saturated rings. The molecule has 126 valence electrons. The Kier molecular flexibility index (Phi) is 4.08. The minimum Gasteiger partial charge on any atom is -0.441 e. The molecule has 1 aliphatic rings. The van der Waals surface area contributed by atoms with Gasteiger partial charge in [-0.3, -0.25) is 0 Å². The first-order valence-corrected chi connectivity index (χ1v) is 9.36. The summed E-state index contributed by atoms with van der Waals surface area (Å²) in [5, 5.41) is 0. The largest absolute Gasteiger partial charge is 0.441 e. The summed E-state index contributed by atoms with van der Waals surface area (Å²) < 4.78 is 9.20. The van der Waals surface area contributed by atoms with Crippen LogP contribution in [0.15, 0.2) is 21.2 Å². The molecule has 24 heavy (non-hydrogen) atoms. The van der Waals surface area contributed by atoms with Gasteiger partial charge in [-0.15, -0.1) is 0 Å². The fourth-order valence-corrected chi connectivity index (χ4v) is 4.05. The minimum absolute atomic E-state index is 0.689. The number of fused-ring (bicyclic) bond motifs is 2. The molecule has 2 N–H and O–H groups in total. The lowest BCUT2D eigenvalue weighted by Gasteiger charge is -2.13. The SMILES string of the molecule is CCc1nc2c(N)cc(CCc3nc4n(c3Br)CCCC4)cc2o1. The zero-order valence-electron chi connectivity index (χ0n) is 13.8. The van der Waals surface area contributed by atoms with E-state index in [0.29, 0.717) is 5.69 Å². The van der Waals surface area contributed by atoms with Gasteiger partial charge in [0.25, 0.3) is 0 Å². The lowest BCUT2D eigenvalue weighted by Crippen LogP contribution is -2.10. The molecule has 2 aromatic heterocycles. The van der Waals surface area contributed by atoms with Crippen molar-refractivity contribution < 1.29 is 4.42 Å². The molecule has 0 saturated carbocycles. The third-order valence-corrected chi connectivity index (χ3v) is 5.55. The van der Waals surface area contributed by atoms with Crippen molar-refractivity contribution in [1.29, 1.82) is 0 Å². The van der Waals surface area contributed by atoms with Gasteiger partial charge in [-0.1, -0.05) is 6.92 Å². The van der Waals surface area contributed by atoms with Crippen molar-refractivity contribution in [2.24, 2.45) is 0 Å².